The third kappa shape index (κ3) is 4.98. The second-order valence-electron chi connectivity index (χ2n) is 9.93. The van der Waals surface area contributed by atoms with Gasteiger partial charge in [0.25, 0.3) is 5.91 Å². The fourth-order valence-corrected chi connectivity index (χ4v) is 5.86. The van der Waals surface area contributed by atoms with Gasteiger partial charge >= 0.3 is 5.97 Å². The second kappa shape index (κ2) is 11.0. The van der Waals surface area contributed by atoms with Crippen LogP contribution in [0.4, 0.5) is 0 Å². The molecule has 1 N–H and O–H groups in total. The summed E-state index contributed by atoms with van der Waals surface area (Å²) < 4.78 is 7.50. The first-order valence-electron chi connectivity index (χ1n) is 12.9. The Kier molecular flexibility index (Phi) is 7.45. The lowest BCUT2D eigenvalue weighted by molar-refractivity contribution is -0.131. The van der Waals surface area contributed by atoms with Crippen molar-refractivity contribution in [2.45, 2.75) is 32.6 Å². The average molecular weight is 558 g/mol. The van der Waals surface area contributed by atoms with Crippen LogP contribution in [0.15, 0.2) is 65.8 Å². The summed E-state index contributed by atoms with van der Waals surface area (Å²) in [6.45, 7) is 8.45. The summed E-state index contributed by atoms with van der Waals surface area (Å²) in [7, 11) is 0. The number of piperidine rings is 1. The number of aryl methyl sites for hydroxylation is 2. The molecule has 0 aliphatic carbocycles. The van der Waals surface area contributed by atoms with Gasteiger partial charge in [-0.15, -0.1) is 0 Å². The Labute approximate surface area is 236 Å². The lowest BCUT2D eigenvalue weighted by Gasteiger charge is -2.30. The lowest BCUT2D eigenvalue weighted by Crippen LogP contribution is -2.37. The van der Waals surface area contributed by atoms with Gasteiger partial charge in [-0.2, -0.15) is 0 Å². The Bertz CT molecular complexity index is 1670. The lowest BCUT2D eigenvalue weighted by atomic mass is 9.89. The Morgan fingerprint density at radius 2 is 1.82 bits per heavy atom. The summed E-state index contributed by atoms with van der Waals surface area (Å²) in [6, 6.07) is 10.8. The Balaban J connectivity index is 1.64. The number of aliphatic carboxylic acids is 1. The third-order valence-corrected chi connectivity index (χ3v) is 7.63. The van der Waals surface area contributed by atoms with Crippen molar-refractivity contribution in [3.05, 3.63) is 94.4 Å². The quantitative estimate of drug-likeness (QED) is 0.281. The number of nitrogens with zero attached hydrogens (tertiary/aromatic N) is 3. The SMILES string of the molecule is C=CC(=O)N1CCC(c2onc(-c3c(C)cc(Cl)cc3C)c2C(=O)n2ccc3c(/C=C/C(=O)O)cccc32)CC1. The van der Waals surface area contributed by atoms with Gasteiger partial charge in [0.05, 0.1) is 5.52 Å². The van der Waals surface area contributed by atoms with E-state index in [9.17, 15) is 14.4 Å². The van der Waals surface area contributed by atoms with Gasteiger partial charge in [0.1, 0.15) is 11.3 Å². The molecule has 8 nitrogen and oxygen atoms in total. The molecule has 1 fully saturated rings. The van der Waals surface area contributed by atoms with Gasteiger partial charge < -0.3 is 14.5 Å². The smallest absolute Gasteiger partial charge is 0.328 e. The number of hydrogen-bond donors (Lipinski definition) is 1. The number of rotatable bonds is 6. The third-order valence-electron chi connectivity index (χ3n) is 7.41. The maximum atomic E-state index is 14.4. The summed E-state index contributed by atoms with van der Waals surface area (Å²) in [6.07, 6.45) is 6.80. The van der Waals surface area contributed by atoms with Crippen molar-refractivity contribution >= 4 is 46.4 Å². The largest absolute Gasteiger partial charge is 0.478 e. The summed E-state index contributed by atoms with van der Waals surface area (Å²) in [4.78, 5) is 39.3. The molecule has 0 saturated carbocycles. The van der Waals surface area contributed by atoms with Crippen molar-refractivity contribution in [3.8, 4) is 11.3 Å². The van der Waals surface area contributed by atoms with Crippen molar-refractivity contribution in [3.63, 3.8) is 0 Å². The van der Waals surface area contributed by atoms with E-state index >= 15 is 0 Å². The van der Waals surface area contributed by atoms with E-state index in [1.807, 2.05) is 32.0 Å². The molecule has 1 amide bonds. The maximum absolute atomic E-state index is 14.4. The molecule has 9 heteroatoms. The Hall–Kier alpha value is -4.43. The number of aromatic nitrogens is 2. The van der Waals surface area contributed by atoms with Crippen molar-refractivity contribution in [2.24, 2.45) is 0 Å². The molecule has 1 aliphatic heterocycles. The zero-order chi connectivity index (χ0) is 28.6. The number of benzene rings is 2. The molecular weight excluding hydrogens is 530 g/mol. The highest BCUT2D eigenvalue weighted by Gasteiger charge is 2.34. The normalized spacial score (nSPS) is 14.2. The first-order valence-corrected chi connectivity index (χ1v) is 13.3. The number of hydrogen-bond acceptors (Lipinski definition) is 5. The van der Waals surface area contributed by atoms with Crippen LogP contribution >= 0.6 is 11.6 Å². The van der Waals surface area contributed by atoms with Crippen LogP contribution in [-0.4, -0.2) is 50.6 Å². The van der Waals surface area contributed by atoms with Crippen molar-refractivity contribution in [1.29, 1.82) is 0 Å². The van der Waals surface area contributed by atoms with Gasteiger partial charge in [0.15, 0.2) is 5.76 Å². The number of amides is 1. The zero-order valence-electron chi connectivity index (χ0n) is 22.2. The molecule has 0 atom stereocenters. The number of carbonyl (C=O) groups excluding carboxylic acids is 2. The average Bonchev–Trinajstić information content (AvgIpc) is 3.56. The topological polar surface area (TPSA) is 106 Å². The predicted molar refractivity (Wildman–Crippen MR) is 154 cm³/mol. The van der Waals surface area contributed by atoms with E-state index < -0.39 is 5.97 Å². The van der Waals surface area contributed by atoms with Gasteiger partial charge in [-0.05, 0) is 79.8 Å². The Morgan fingerprint density at radius 1 is 1.12 bits per heavy atom. The standard InChI is InChI=1S/C31H28ClN3O5/c1-4-25(36)34-13-10-21(11-14-34)30-28(29(33-40-30)27-18(2)16-22(32)17-19(27)3)31(39)35-15-12-23-20(8-9-26(37)38)6-5-7-24(23)35/h4-9,12,15-17,21H,1,10-11,13-14H2,2-3H3,(H,37,38)/b9-8+. The summed E-state index contributed by atoms with van der Waals surface area (Å²) in [5, 5.41) is 14.8. The fraction of sp³-hybridized carbons (Fsp3) is 0.226. The van der Waals surface area contributed by atoms with Crippen LogP contribution in [0.3, 0.4) is 0 Å². The summed E-state index contributed by atoms with van der Waals surface area (Å²) in [5.41, 5.74) is 4.63. The molecule has 0 unspecified atom stereocenters. The number of carboxylic acids is 1. The van der Waals surface area contributed by atoms with Crippen LogP contribution in [0.25, 0.3) is 28.2 Å². The molecule has 0 bridgehead atoms. The monoisotopic (exact) mass is 557 g/mol. The van der Waals surface area contributed by atoms with Gasteiger partial charge in [-0.3, -0.25) is 14.2 Å². The minimum Gasteiger partial charge on any atom is -0.478 e. The molecule has 1 saturated heterocycles. The van der Waals surface area contributed by atoms with Crippen molar-refractivity contribution < 1.29 is 24.0 Å². The van der Waals surface area contributed by atoms with E-state index in [1.54, 1.807) is 33.9 Å². The Morgan fingerprint density at radius 3 is 2.48 bits per heavy atom. The van der Waals surface area contributed by atoms with Gasteiger partial charge in [-0.25, -0.2) is 4.79 Å². The molecule has 5 rings (SSSR count). The number of fused-ring (bicyclic) bond motifs is 1. The molecule has 3 heterocycles. The first-order chi connectivity index (χ1) is 19.2. The van der Waals surface area contributed by atoms with E-state index in [0.717, 1.165) is 28.2 Å². The van der Waals surface area contributed by atoms with Crippen LogP contribution < -0.4 is 0 Å². The van der Waals surface area contributed by atoms with E-state index in [1.165, 1.54) is 12.2 Å². The van der Waals surface area contributed by atoms with Gasteiger partial charge in [0, 0.05) is 47.3 Å². The molecule has 1 aliphatic rings. The molecule has 40 heavy (non-hydrogen) atoms. The minimum atomic E-state index is -1.05. The van der Waals surface area contributed by atoms with Crippen molar-refractivity contribution in [2.75, 3.05) is 13.1 Å². The number of carbonyl (C=O) groups is 3. The highest BCUT2D eigenvalue weighted by Crippen LogP contribution is 2.39. The highest BCUT2D eigenvalue weighted by molar-refractivity contribution is 6.30. The van der Waals surface area contributed by atoms with Crippen LogP contribution in [0, 0.1) is 13.8 Å². The minimum absolute atomic E-state index is 0.113. The molecular formula is C31H28ClN3O5. The van der Waals surface area contributed by atoms with Crippen LogP contribution in [0.2, 0.25) is 5.02 Å². The van der Waals surface area contributed by atoms with Gasteiger partial charge in [-0.1, -0.05) is 35.5 Å². The molecule has 0 radical (unpaired) electrons. The van der Waals surface area contributed by atoms with Crippen molar-refractivity contribution in [1.82, 2.24) is 14.6 Å². The first kappa shape index (κ1) is 27.1. The predicted octanol–water partition coefficient (Wildman–Crippen LogP) is 6.24. The number of halogens is 1. The van der Waals surface area contributed by atoms with E-state index in [2.05, 4.69) is 11.7 Å². The van der Waals surface area contributed by atoms with Gasteiger partial charge in [0.2, 0.25) is 5.91 Å². The second-order valence-corrected chi connectivity index (χ2v) is 10.4. The van der Waals surface area contributed by atoms with Crippen LogP contribution in [0.5, 0.6) is 0 Å². The molecule has 2 aromatic carbocycles. The molecule has 4 aromatic rings. The molecule has 2 aromatic heterocycles. The van der Waals surface area contributed by atoms with E-state index in [-0.39, 0.29) is 17.7 Å². The van der Waals surface area contributed by atoms with E-state index in [0.29, 0.717) is 59.1 Å². The fourth-order valence-electron chi connectivity index (χ4n) is 5.53. The summed E-state index contributed by atoms with van der Waals surface area (Å²) >= 11 is 6.30. The maximum Gasteiger partial charge on any atom is 0.328 e. The van der Waals surface area contributed by atoms with Crippen LogP contribution in [0.1, 0.15) is 51.6 Å². The molecule has 0 spiro atoms. The highest BCUT2D eigenvalue weighted by atomic mass is 35.5. The number of carboxylic acid groups (broad SMARTS) is 1. The van der Waals surface area contributed by atoms with Crippen LogP contribution in [-0.2, 0) is 9.59 Å². The summed E-state index contributed by atoms with van der Waals surface area (Å²) in [5.74, 6) is -1.10. The zero-order valence-corrected chi connectivity index (χ0v) is 22.9. The number of likely N-dealkylation sites (tertiary alicyclic amines) is 1. The molecule has 204 valence electrons. The van der Waals surface area contributed by atoms with E-state index in [4.69, 9.17) is 21.2 Å².